The third-order valence-electron chi connectivity index (χ3n) is 4.23. The van der Waals surface area contributed by atoms with Crippen LogP contribution in [-0.2, 0) is 14.8 Å². The molecule has 0 aliphatic heterocycles. The van der Waals surface area contributed by atoms with E-state index in [4.69, 9.17) is 4.74 Å². The number of amides is 1. The first-order valence-corrected chi connectivity index (χ1v) is 10.5. The van der Waals surface area contributed by atoms with Crippen molar-refractivity contribution in [3.05, 3.63) is 60.2 Å². The molecule has 2 rings (SSSR count). The zero-order valence-electron chi connectivity index (χ0n) is 16.4. The Balaban J connectivity index is 2.02. The number of carbonyl (C=O) groups excluding carboxylic acids is 1. The molecule has 2 aromatic rings. The molecule has 29 heavy (non-hydrogen) atoms. The first-order chi connectivity index (χ1) is 13.6. The van der Waals surface area contributed by atoms with Crippen molar-refractivity contribution < 1.29 is 26.7 Å². The van der Waals surface area contributed by atoms with Gasteiger partial charge in [0.25, 0.3) is 0 Å². The molecule has 158 valence electrons. The lowest BCUT2D eigenvalue weighted by atomic mass is 10.0. The number of hydrogen-bond donors (Lipinski definition) is 1. The number of benzene rings is 2. The van der Waals surface area contributed by atoms with Crippen molar-refractivity contribution in [2.75, 3.05) is 20.2 Å². The zero-order valence-corrected chi connectivity index (χ0v) is 17.2. The lowest BCUT2D eigenvalue weighted by molar-refractivity contribution is -0.133. The minimum atomic E-state index is -4.22. The Kier molecular flexibility index (Phi) is 7.69. The van der Waals surface area contributed by atoms with Crippen LogP contribution in [0.4, 0.5) is 8.78 Å². The van der Waals surface area contributed by atoms with Gasteiger partial charge >= 0.3 is 0 Å². The fraction of sp³-hybridized carbons (Fsp3) is 0.350. The van der Waals surface area contributed by atoms with Gasteiger partial charge in [0.1, 0.15) is 34.9 Å². The van der Waals surface area contributed by atoms with E-state index in [9.17, 15) is 22.0 Å². The van der Waals surface area contributed by atoms with E-state index >= 15 is 0 Å². The van der Waals surface area contributed by atoms with E-state index in [-0.39, 0.29) is 24.9 Å². The Labute approximate surface area is 169 Å². The number of carbonyl (C=O) groups is 1. The number of rotatable bonds is 9. The van der Waals surface area contributed by atoms with Crippen LogP contribution in [0.25, 0.3) is 0 Å². The largest absolute Gasteiger partial charge is 0.492 e. The highest BCUT2D eigenvalue weighted by Gasteiger charge is 2.31. The molecule has 0 bridgehead atoms. The van der Waals surface area contributed by atoms with E-state index in [2.05, 4.69) is 4.72 Å². The number of ether oxygens (including phenoxy) is 1. The molecule has 0 unspecified atom stereocenters. The van der Waals surface area contributed by atoms with E-state index in [1.807, 2.05) is 0 Å². The van der Waals surface area contributed by atoms with Gasteiger partial charge in [0, 0.05) is 7.05 Å². The van der Waals surface area contributed by atoms with Crippen molar-refractivity contribution >= 4 is 15.9 Å². The molecule has 0 heterocycles. The van der Waals surface area contributed by atoms with Crippen molar-refractivity contribution in [2.45, 2.75) is 24.8 Å². The number of halogens is 2. The van der Waals surface area contributed by atoms with E-state index in [1.165, 1.54) is 48.3 Å². The molecule has 9 heteroatoms. The van der Waals surface area contributed by atoms with E-state index in [0.29, 0.717) is 5.75 Å². The molecule has 1 atom stereocenters. The van der Waals surface area contributed by atoms with Gasteiger partial charge in [-0.1, -0.05) is 26.0 Å². The normalized spacial score (nSPS) is 12.6. The summed E-state index contributed by atoms with van der Waals surface area (Å²) in [6.07, 6.45) is 0. The monoisotopic (exact) mass is 426 g/mol. The summed E-state index contributed by atoms with van der Waals surface area (Å²) in [6, 6.07) is 9.35. The van der Waals surface area contributed by atoms with Crippen LogP contribution in [0, 0.1) is 17.6 Å². The Bertz CT molecular complexity index is 934. The first-order valence-electron chi connectivity index (χ1n) is 9.02. The molecule has 2 aromatic carbocycles. The second-order valence-electron chi connectivity index (χ2n) is 6.84. The molecular weight excluding hydrogens is 402 g/mol. The van der Waals surface area contributed by atoms with E-state index in [1.54, 1.807) is 13.8 Å². The maximum Gasteiger partial charge on any atom is 0.244 e. The molecule has 0 aromatic heterocycles. The van der Waals surface area contributed by atoms with Crippen LogP contribution < -0.4 is 9.46 Å². The number of nitrogens with zero attached hydrogens (tertiary/aromatic N) is 1. The average Bonchev–Trinajstić information content (AvgIpc) is 2.67. The van der Waals surface area contributed by atoms with Crippen LogP contribution >= 0.6 is 0 Å². The standard InChI is InChI=1S/C20H24F2N2O4S/c1-14(2)19(23-29(26,27)18-7-5-4-6-17(18)22)20(25)24(3)12-13-28-16-10-8-15(21)9-11-16/h4-11,14,19,23H,12-13H2,1-3H3/t19-/m0/s1. The number of hydrogen-bond acceptors (Lipinski definition) is 4. The van der Waals surface area contributed by atoms with Gasteiger partial charge in [0.2, 0.25) is 15.9 Å². The average molecular weight is 426 g/mol. The van der Waals surface area contributed by atoms with Crippen molar-refractivity contribution in [1.82, 2.24) is 9.62 Å². The number of nitrogens with one attached hydrogen (secondary N) is 1. The zero-order chi connectivity index (χ0) is 21.6. The maximum absolute atomic E-state index is 13.9. The van der Waals surface area contributed by atoms with Gasteiger partial charge in [-0.2, -0.15) is 4.72 Å². The minimum Gasteiger partial charge on any atom is -0.492 e. The first kappa shape index (κ1) is 22.8. The second kappa shape index (κ2) is 9.80. The van der Waals surface area contributed by atoms with E-state index < -0.39 is 32.7 Å². The van der Waals surface area contributed by atoms with Crippen LogP contribution in [0.15, 0.2) is 53.4 Å². The molecule has 0 spiro atoms. The topological polar surface area (TPSA) is 75.7 Å². The lowest BCUT2D eigenvalue weighted by Crippen LogP contribution is -2.50. The smallest absolute Gasteiger partial charge is 0.244 e. The van der Waals surface area contributed by atoms with Crippen molar-refractivity contribution in [3.63, 3.8) is 0 Å². The van der Waals surface area contributed by atoms with Crippen LogP contribution in [0.1, 0.15) is 13.8 Å². The number of likely N-dealkylation sites (N-methyl/N-ethyl adjacent to an activating group) is 1. The molecule has 0 fully saturated rings. The van der Waals surface area contributed by atoms with Crippen molar-refractivity contribution in [2.24, 2.45) is 5.92 Å². The summed E-state index contributed by atoms with van der Waals surface area (Å²) in [5.74, 6) is -1.66. The molecule has 1 N–H and O–H groups in total. The molecular formula is C20H24F2N2O4S. The summed E-state index contributed by atoms with van der Waals surface area (Å²) in [6.45, 7) is 3.70. The summed E-state index contributed by atoms with van der Waals surface area (Å²) in [5, 5.41) is 0. The highest BCUT2D eigenvalue weighted by molar-refractivity contribution is 7.89. The predicted molar refractivity (Wildman–Crippen MR) is 105 cm³/mol. The minimum absolute atomic E-state index is 0.138. The van der Waals surface area contributed by atoms with Crippen molar-refractivity contribution in [3.8, 4) is 5.75 Å². The molecule has 0 aliphatic rings. The SMILES string of the molecule is CC(C)[C@H](NS(=O)(=O)c1ccccc1F)C(=O)N(C)CCOc1ccc(F)cc1. The van der Waals surface area contributed by atoms with Gasteiger partial charge in [-0.15, -0.1) is 0 Å². The third kappa shape index (κ3) is 6.23. The second-order valence-corrected chi connectivity index (χ2v) is 8.52. The molecule has 0 saturated heterocycles. The molecule has 1 amide bonds. The summed E-state index contributed by atoms with van der Waals surface area (Å²) in [5.41, 5.74) is 0. The Hall–Kier alpha value is -2.52. The molecule has 0 saturated carbocycles. The predicted octanol–water partition coefficient (Wildman–Crippen LogP) is 2.81. The fourth-order valence-corrected chi connectivity index (χ4v) is 3.96. The quantitative estimate of drug-likeness (QED) is 0.669. The van der Waals surface area contributed by atoms with Crippen LogP contribution in [0.2, 0.25) is 0 Å². The summed E-state index contributed by atoms with van der Waals surface area (Å²) >= 11 is 0. The molecule has 0 aliphatic carbocycles. The van der Waals surface area contributed by atoms with Crippen LogP contribution in [0.5, 0.6) is 5.75 Å². The Morgan fingerprint density at radius 3 is 2.31 bits per heavy atom. The van der Waals surface area contributed by atoms with Crippen molar-refractivity contribution in [1.29, 1.82) is 0 Å². The third-order valence-corrected chi connectivity index (χ3v) is 5.70. The summed E-state index contributed by atoms with van der Waals surface area (Å²) in [7, 11) is -2.70. The van der Waals surface area contributed by atoms with Gasteiger partial charge in [-0.25, -0.2) is 17.2 Å². The molecule has 6 nitrogen and oxygen atoms in total. The fourth-order valence-electron chi connectivity index (χ4n) is 2.54. The summed E-state index contributed by atoms with van der Waals surface area (Å²) < 4.78 is 59.6. The van der Waals surface area contributed by atoms with Gasteiger partial charge in [0.05, 0.1) is 6.54 Å². The van der Waals surface area contributed by atoms with Crippen LogP contribution in [0.3, 0.4) is 0 Å². The van der Waals surface area contributed by atoms with Gasteiger partial charge in [-0.05, 0) is 42.3 Å². The van der Waals surface area contributed by atoms with Gasteiger partial charge in [0.15, 0.2) is 0 Å². The van der Waals surface area contributed by atoms with Gasteiger partial charge in [-0.3, -0.25) is 4.79 Å². The molecule has 0 radical (unpaired) electrons. The highest BCUT2D eigenvalue weighted by Crippen LogP contribution is 2.16. The summed E-state index contributed by atoms with van der Waals surface area (Å²) in [4.78, 5) is 13.6. The number of sulfonamides is 1. The lowest BCUT2D eigenvalue weighted by Gasteiger charge is -2.27. The maximum atomic E-state index is 13.9. The van der Waals surface area contributed by atoms with Crippen LogP contribution in [-0.4, -0.2) is 45.5 Å². The highest BCUT2D eigenvalue weighted by atomic mass is 32.2. The van der Waals surface area contributed by atoms with Gasteiger partial charge < -0.3 is 9.64 Å². The Morgan fingerprint density at radius 2 is 1.72 bits per heavy atom. The van der Waals surface area contributed by atoms with E-state index in [0.717, 1.165) is 12.1 Å². The Morgan fingerprint density at radius 1 is 1.10 bits per heavy atom.